The number of hydrogen-bond donors (Lipinski definition) is 2. The molecule has 1 aliphatic carbocycles. The largest absolute Gasteiger partial charge is 0.481 e. The number of carboxylic acids is 2. The van der Waals surface area contributed by atoms with E-state index in [0.717, 1.165) is 12.8 Å². The van der Waals surface area contributed by atoms with Crippen molar-refractivity contribution in [1.82, 2.24) is 0 Å². The molecule has 0 heterocycles. The first-order valence-electron chi connectivity index (χ1n) is 4.08. The van der Waals surface area contributed by atoms with Crippen LogP contribution in [0.25, 0.3) is 0 Å². The van der Waals surface area contributed by atoms with Gasteiger partial charge in [-0.2, -0.15) is 0 Å². The number of aliphatic carboxylic acids is 2. The minimum absolute atomic E-state index is 0. The van der Waals surface area contributed by atoms with Crippen LogP contribution in [0.5, 0.6) is 0 Å². The molecule has 0 aromatic heterocycles. The van der Waals surface area contributed by atoms with E-state index >= 15 is 0 Å². The Morgan fingerprint density at radius 2 is 1.23 bits per heavy atom. The molecule has 0 aromatic rings. The van der Waals surface area contributed by atoms with E-state index in [1.54, 1.807) is 0 Å². The molecule has 0 spiro atoms. The van der Waals surface area contributed by atoms with Gasteiger partial charge in [-0.15, -0.1) is 0 Å². The van der Waals surface area contributed by atoms with E-state index in [4.69, 9.17) is 10.2 Å². The standard InChI is InChI=1S/C8H12O4.Zn/c9-7(10)5-3-1-2-4-6(5)8(11)12;/h5-6H,1-4H2,(H,9,10)(H,11,12);. The van der Waals surface area contributed by atoms with Crippen molar-refractivity contribution in [2.45, 2.75) is 25.7 Å². The first-order valence-corrected chi connectivity index (χ1v) is 4.08. The summed E-state index contributed by atoms with van der Waals surface area (Å²) in [6.45, 7) is 0. The Hall–Kier alpha value is -0.437. The van der Waals surface area contributed by atoms with Crippen molar-refractivity contribution >= 4 is 11.9 Å². The van der Waals surface area contributed by atoms with Crippen molar-refractivity contribution in [3.63, 3.8) is 0 Å². The first-order chi connectivity index (χ1) is 5.63. The third kappa shape index (κ3) is 3.07. The second-order valence-corrected chi connectivity index (χ2v) is 3.17. The summed E-state index contributed by atoms with van der Waals surface area (Å²) in [6, 6.07) is 0. The molecule has 4 nitrogen and oxygen atoms in total. The summed E-state index contributed by atoms with van der Waals surface area (Å²) in [5, 5.41) is 17.4. The summed E-state index contributed by atoms with van der Waals surface area (Å²) in [7, 11) is 0. The maximum absolute atomic E-state index is 10.6. The molecule has 0 radical (unpaired) electrons. The molecule has 1 aliphatic rings. The number of carbonyl (C=O) groups is 2. The number of hydrogen-bond acceptors (Lipinski definition) is 2. The van der Waals surface area contributed by atoms with Gasteiger partial charge in [0.05, 0.1) is 11.8 Å². The fourth-order valence-corrected chi connectivity index (χ4v) is 1.72. The van der Waals surface area contributed by atoms with Crippen molar-refractivity contribution in [3.05, 3.63) is 0 Å². The molecule has 0 bridgehead atoms. The average Bonchev–Trinajstić information content (AvgIpc) is 2.04. The Bertz CT molecular complexity index is 182. The van der Waals surface area contributed by atoms with Crippen LogP contribution in [0.4, 0.5) is 0 Å². The van der Waals surface area contributed by atoms with Crippen LogP contribution in [0.1, 0.15) is 25.7 Å². The van der Waals surface area contributed by atoms with Gasteiger partial charge in [0.1, 0.15) is 0 Å². The van der Waals surface area contributed by atoms with Gasteiger partial charge in [0.2, 0.25) is 0 Å². The van der Waals surface area contributed by atoms with E-state index in [1.807, 2.05) is 0 Å². The molecule has 70 valence electrons. The fourth-order valence-electron chi connectivity index (χ4n) is 1.72. The van der Waals surface area contributed by atoms with Crippen molar-refractivity contribution in [1.29, 1.82) is 0 Å². The topological polar surface area (TPSA) is 74.6 Å². The molecule has 2 atom stereocenters. The molecule has 5 heteroatoms. The third-order valence-corrected chi connectivity index (χ3v) is 2.40. The fraction of sp³-hybridized carbons (Fsp3) is 0.750. The maximum atomic E-state index is 10.6. The zero-order valence-corrected chi connectivity index (χ0v) is 10.4. The van der Waals surface area contributed by atoms with Gasteiger partial charge in [0, 0.05) is 19.5 Å². The van der Waals surface area contributed by atoms with Crippen LogP contribution in [0.3, 0.4) is 0 Å². The summed E-state index contributed by atoms with van der Waals surface area (Å²) in [5.74, 6) is -3.28. The van der Waals surface area contributed by atoms with Gasteiger partial charge in [-0.3, -0.25) is 9.59 Å². The van der Waals surface area contributed by atoms with E-state index in [-0.39, 0.29) is 19.5 Å². The van der Waals surface area contributed by atoms with Crippen LogP contribution in [-0.2, 0) is 29.1 Å². The number of carboxylic acid groups (broad SMARTS) is 2. The van der Waals surface area contributed by atoms with Gasteiger partial charge in [-0.1, -0.05) is 12.8 Å². The normalized spacial score (nSPS) is 27.4. The van der Waals surface area contributed by atoms with Crippen LogP contribution < -0.4 is 0 Å². The summed E-state index contributed by atoms with van der Waals surface area (Å²) >= 11 is 0. The third-order valence-electron chi connectivity index (χ3n) is 2.40. The molecule has 2 N–H and O–H groups in total. The first kappa shape index (κ1) is 12.6. The number of rotatable bonds is 2. The Balaban J connectivity index is 0.00000144. The maximum Gasteiger partial charge on any atom is 0.307 e. The minimum Gasteiger partial charge on any atom is -0.481 e. The second kappa shape index (κ2) is 5.33. The molecule has 1 rings (SSSR count). The Kier molecular flexibility index (Phi) is 5.15. The van der Waals surface area contributed by atoms with Gasteiger partial charge >= 0.3 is 11.9 Å². The molecule has 13 heavy (non-hydrogen) atoms. The predicted molar refractivity (Wildman–Crippen MR) is 40.7 cm³/mol. The van der Waals surface area contributed by atoms with E-state index in [0.29, 0.717) is 12.8 Å². The van der Waals surface area contributed by atoms with Gasteiger partial charge in [-0.25, -0.2) is 0 Å². The average molecular weight is 238 g/mol. The Morgan fingerprint density at radius 1 is 0.923 bits per heavy atom. The Morgan fingerprint density at radius 3 is 1.46 bits per heavy atom. The molecule has 0 saturated heterocycles. The quantitative estimate of drug-likeness (QED) is 0.702. The molecule has 0 amide bonds. The molecule has 0 aromatic carbocycles. The van der Waals surface area contributed by atoms with E-state index in [2.05, 4.69) is 0 Å². The molecular formula is C8H12O4Zn. The summed E-state index contributed by atoms with van der Waals surface area (Å²) in [5.41, 5.74) is 0. The smallest absolute Gasteiger partial charge is 0.307 e. The summed E-state index contributed by atoms with van der Waals surface area (Å²) < 4.78 is 0. The molecular weight excluding hydrogens is 225 g/mol. The molecule has 2 unspecified atom stereocenters. The van der Waals surface area contributed by atoms with Crippen LogP contribution >= 0.6 is 0 Å². The predicted octanol–water partition coefficient (Wildman–Crippen LogP) is 0.960. The monoisotopic (exact) mass is 236 g/mol. The van der Waals surface area contributed by atoms with Crippen LogP contribution in [-0.4, -0.2) is 22.2 Å². The van der Waals surface area contributed by atoms with Crippen molar-refractivity contribution in [3.8, 4) is 0 Å². The SMILES string of the molecule is O=C(O)C1CCCCC1C(=O)O.[Zn]. The molecule has 1 saturated carbocycles. The zero-order chi connectivity index (χ0) is 9.14. The van der Waals surface area contributed by atoms with Gasteiger partial charge in [-0.05, 0) is 12.8 Å². The van der Waals surface area contributed by atoms with Gasteiger partial charge in [0.25, 0.3) is 0 Å². The van der Waals surface area contributed by atoms with Crippen LogP contribution in [0, 0.1) is 11.8 Å². The second-order valence-electron chi connectivity index (χ2n) is 3.17. The zero-order valence-electron chi connectivity index (χ0n) is 7.40. The van der Waals surface area contributed by atoms with E-state index in [9.17, 15) is 9.59 Å². The van der Waals surface area contributed by atoms with Crippen molar-refractivity contribution in [2.75, 3.05) is 0 Å². The summed E-state index contributed by atoms with van der Waals surface area (Å²) in [6.07, 6.45) is 2.68. The van der Waals surface area contributed by atoms with Gasteiger partial charge in [0.15, 0.2) is 0 Å². The van der Waals surface area contributed by atoms with Crippen molar-refractivity contribution < 1.29 is 39.3 Å². The van der Waals surface area contributed by atoms with Gasteiger partial charge < -0.3 is 10.2 Å². The molecule has 0 aliphatic heterocycles. The Labute approximate surface area is 89.1 Å². The van der Waals surface area contributed by atoms with Crippen molar-refractivity contribution in [2.24, 2.45) is 11.8 Å². The minimum atomic E-state index is -0.970. The summed E-state index contributed by atoms with van der Waals surface area (Å²) in [4.78, 5) is 21.2. The van der Waals surface area contributed by atoms with Crippen LogP contribution in [0.2, 0.25) is 0 Å². The van der Waals surface area contributed by atoms with E-state index < -0.39 is 23.8 Å². The van der Waals surface area contributed by atoms with Crippen LogP contribution in [0.15, 0.2) is 0 Å². The molecule has 1 fully saturated rings. The van der Waals surface area contributed by atoms with E-state index in [1.165, 1.54) is 0 Å².